The van der Waals surface area contributed by atoms with Crippen molar-refractivity contribution in [3.8, 4) is 0 Å². The van der Waals surface area contributed by atoms with Crippen LogP contribution in [0.2, 0.25) is 0 Å². The fourth-order valence-electron chi connectivity index (χ4n) is 1.76. The van der Waals surface area contributed by atoms with Crippen molar-refractivity contribution >= 4 is 5.91 Å². The van der Waals surface area contributed by atoms with Crippen molar-refractivity contribution in [2.45, 2.75) is 39.8 Å². The second kappa shape index (κ2) is 5.82. The number of nitrogens with two attached hydrogens (primary N) is 1. The van der Waals surface area contributed by atoms with Crippen LogP contribution in [0.1, 0.15) is 37.9 Å². The summed E-state index contributed by atoms with van der Waals surface area (Å²) in [6.07, 6.45) is 0. The highest BCUT2D eigenvalue weighted by molar-refractivity contribution is 5.82. The summed E-state index contributed by atoms with van der Waals surface area (Å²) in [5.41, 5.74) is 8.13. The number of carbonyl (C=O) groups is 1. The standard InChI is InChI=1S/C14H22N2O/c1-9(2)13(15)14(17)16-11(4)12-8-6-5-7-10(12)3/h5-9,11,13H,15H2,1-4H3,(H,16,17)/t11-,13-/m0/s1. The molecule has 0 radical (unpaired) electrons. The van der Waals surface area contributed by atoms with Gasteiger partial charge in [-0.1, -0.05) is 38.1 Å². The minimum atomic E-state index is -0.443. The zero-order chi connectivity index (χ0) is 13.0. The summed E-state index contributed by atoms with van der Waals surface area (Å²) >= 11 is 0. The first-order valence-electron chi connectivity index (χ1n) is 6.05. The van der Waals surface area contributed by atoms with Crippen molar-refractivity contribution in [1.82, 2.24) is 5.32 Å². The highest BCUT2D eigenvalue weighted by Crippen LogP contribution is 2.16. The molecule has 0 saturated carbocycles. The van der Waals surface area contributed by atoms with E-state index in [1.54, 1.807) is 0 Å². The highest BCUT2D eigenvalue weighted by atomic mass is 16.2. The number of hydrogen-bond donors (Lipinski definition) is 2. The summed E-state index contributed by atoms with van der Waals surface area (Å²) in [5.74, 6) is 0.0647. The van der Waals surface area contributed by atoms with Crippen LogP contribution in [0, 0.1) is 12.8 Å². The molecule has 2 atom stereocenters. The quantitative estimate of drug-likeness (QED) is 0.838. The van der Waals surface area contributed by atoms with Gasteiger partial charge >= 0.3 is 0 Å². The van der Waals surface area contributed by atoms with Crippen molar-refractivity contribution in [3.05, 3.63) is 35.4 Å². The second-order valence-corrected chi connectivity index (χ2v) is 4.86. The molecule has 0 saturated heterocycles. The Balaban J connectivity index is 2.70. The highest BCUT2D eigenvalue weighted by Gasteiger charge is 2.19. The van der Waals surface area contributed by atoms with Gasteiger partial charge < -0.3 is 11.1 Å². The van der Waals surface area contributed by atoms with E-state index in [4.69, 9.17) is 5.73 Å². The summed E-state index contributed by atoms with van der Waals surface area (Å²) in [4.78, 5) is 11.8. The SMILES string of the molecule is Cc1ccccc1[C@H](C)NC(=O)[C@@H](N)C(C)C. The van der Waals surface area contributed by atoms with E-state index in [-0.39, 0.29) is 17.9 Å². The van der Waals surface area contributed by atoms with Crippen molar-refractivity contribution < 1.29 is 4.79 Å². The van der Waals surface area contributed by atoms with E-state index in [0.717, 1.165) is 5.56 Å². The van der Waals surface area contributed by atoms with Crippen molar-refractivity contribution in [1.29, 1.82) is 0 Å². The van der Waals surface area contributed by atoms with Crippen LogP contribution < -0.4 is 11.1 Å². The fourth-order valence-corrected chi connectivity index (χ4v) is 1.76. The van der Waals surface area contributed by atoms with Gasteiger partial charge in [0, 0.05) is 0 Å². The van der Waals surface area contributed by atoms with Crippen LogP contribution in [0.4, 0.5) is 0 Å². The second-order valence-electron chi connectivity index (χ2n) is 4.86. The number of nitrogens with one attached hydrogen (secondary N) is 1. The molecule has 1 aromatic rings. The number of aryl methyl sites for hydroxylation is 1. The lowest BCUT2D eigenvalue weighted by Gasteiger charge is -2.21. The molecule has 0 aliphatic rings. The molecule has 94 valence electrons. The largest absolute Gasteiger partial charge is 0.348 e. The minimum absolute atomic E-state index is 0.00602. The number of amides is 1. The average molecular weight is 234 g/mol. The Morgan fingerprint density at radius 2 is 1.82 bits per heavy atom. The molecule has 3 heteroatoms. The van der Waals surface area contributed by atoms with Crippen LogP contribution in [0.25, 0.3) is 0 Å². The average Bonchev–Trinajstić information content (AvgIpc) is 2.28. The fraction of sp³-hybridized carbons (Fsp3) is 0.500. The Bertz CT molecular complexity index is 388. The number of benzene rings is 1. The maximum Gasteiger partial charge on any atom is 0.237 e. The van der Waals surface area contributed by atoms with Crippen LogP contribution in [-0.2, 0) is 4.79 Å². The molecule has 0 bridgehead atoms. The van der Waals surface area contributed by atoms with E-state index in [2.05, 4.69) is 5.32 Å². The van der Waals surface area contributed by atoms with E-state index in [1.165, 1.54) is 5.56 Å². The lowest BCUT2D eigenvalue weighted by atomic mass is 10.0. The number of carbonyl (C=O) groups excluding carboxylic acids is 1. The minimum Gasteiger partial charge on any atom is -0.348 e. The van der Waals surface area contributed by atoms with E-state index in [9.17, 15) is 4.79 Å². The number of rotatable bonds is 4. The lowest BCUT2D eigenvalue weighted by Crippen LogP contribution is -2.44. The topological polar surface area (TPSA) is 55.1 Å². The zero-order valence-corrected chi connectivity index (χ0v) is 11.0. The van der Waals surface area contributed by atoms with Crippen LogP contribution in [0.3, 0.4) is 0 Å². The van der Waals surface area contributed by atoms with Crippen LogP contribution >= 0.6 is 0 Å². The number of hydrogen-bond acceptors (Lipinski definition) is 2. The molecule has 0 fully saturated rings. The Hall–Kier alpha value is -1.35. The molecule has 3 N–H and O–H groups in total. The maximum atomic E-state index is 11.8. The Kier molecular flexibility index (Phi) is 4.70. The molecular formula is C14H22N2O. The Morgan fingerprint density at radius 3 is 2.35 bits per heavy atom. The molecule has 1 rings (SSSR count). The lowest BCUT2D eigenvalue weighted by molar-refractivity contribution is -0.123. The van der Waals surface area contributed by atoms with E-state index in [1.807, 2.05) is 52.0 Å². The van der Waals surface area contributed by atoms with Gasteiger partial charge in [-0.2, -0.15) is 0 Å². The molecular weight excluding hydrogens is 212 g/mol. The van der Waals surface area contributed by atoms with Gasteiger partial charge in [-0.25, -0.2) is 0 Å². The van der Waals surface area contributed by atoms with Gasteiger partial charge in [0.25, 0.3) is 0 Å². The molecule has 0 aliphatic heterocycles. The summed E-state index contributed by atoms with van der Waals surface area (Å²) in [5, 5.41) is 2.95. The van der Waals surface area contributed by atoms with E-state index in [0.29, 0.717) is 0 Å². The van der Waals surface area contributed by atoms with Gasteiger partial charge in [-0.05, 0) is 30.9 Å². The Morgan fingerprint density at radius 1 is 1.24 bits per heavy atom. The van der Waals surface area contributed by atoms with Crippen LogP contribution in [0.5, 0.6) is 0 Å². The molecule has 1 aromatic carbocycles. The zero-order valence-electron chi connectivity index (χ0n) is 11.0. The van der Waals surface area contributed by atoms with Crippen LogP contribution in [-0.4, -0.2) is 11.9 Å². The smallest absolute Gasteiger partial charge is 0.237 e. The van der Waals surface area contributed by atoms with Gasteiger partial charge in [0.1, 0.15) is 0 Å². The molecule has 0 aromatic heterocycles. The van der Waals surface area contributed by atoms with Gasteiger partial charge in [0.15, 0.2) is 0 Å². The molecule has 3 nitrogen and oxygen atoms in total. The van der Waals surface area contributed by atoms with Crippen molar-refractivity contribution in [2.75, 3.05) is 0 Å². The predicted molar refractivity (Wildman–Crippen MR) is 70.6 cm³/mol. The summed E-state index contributed by atoms with van der Waals surface area (Å²) in [6.45, 7) is 7.92. The summed E-state index contributed by atoms with van der Waals surface area (Å²) in [6, 6.07) is 7.59. The van der Waals surface area contributed by atoms with Gasteiger partial charge in [0.05, 0.1) is 12.1 Å². The first-order valence-corrected chi connectivity index (χ1v) is 6.05. The van der Waals surface area contributed by atoms with Gasteiger partial charge in [-0.15, -0.1) is 0 Å². The Labute approximate surface area is 103 Å². The van der Waals surface area contributed by atoms with E-state index < -0.39 is 6.04 Å². The third-order valence-corrected chi connectivity index (χ3v) is 3.03. The monoisotopic (exact) mass is 234 g/mol. The van der Waals surface area contributed by atoms with Gasteiger partial charge in [-0.3, -0.25) is 4.79 Å². The molecule has 17 heavy (non-hydrogen) atoms. The van der Waals surface area contributed by atoms with Crippen molar-refractivity contribution in [2.24, 2.45) is 11.7 Å². The van der Waals surface area contributed by atoms with Crippen molar-refractivity contribution in [3.63, 3.8) is 0 Å². The predicted octanol–water partition coefficient (Wildman–Crippen LogP) is 2.16. The molecule has 0 spiro atoms. The summed E-state index contributed by atoms with van der Waals surface area (Å²) in [7, 11) is 0. The molecule has 0 heterocycles. The van der Waals surface area contributed by atoms with Gasteiger partial charge in [0.2, 0.25) is 5.91 Å². The third-order valence-electron chi connectivity index (χ3n) is 3.03. The third kappa shape index (κ3) is 3.56. The van der Waals surface area contributed by atoms with E-state index >= 15 is 0 Å². The molecule has 1 amide bonds. The van der Waals surface area contributed by atoms with Crippen LogP contribution in [0.15, 0.2) is 24.3 Å². The maximum absolute atomic E-state index is 11.8. The normalized spacial score (nSPS) is 14.5. The first-order chi connectivity index (χ1) is 7.93. The molecule has 0 unspecified atom stereocenters. The summed E-state index contributed by atoms with van der Waals surface area (Å²) < 4.78 is 0. The molecule has 0 aliphatic carbocycles. The first kappa shape index (κ1) is 13.7.